The van der Waals surface area contributed by atoms with Gasteiger partial charge in [0.25, 0.3) is 0 Å². The number of benzene rings is 1. The summed E-state index contributed by atoms with van der Waals surface area (Å²) in [4.78, 5) is 25.6. The third kappa shape index (κ3) is 3.60. The Bertz CT molecular complexity index is 478. The summed E-state index contributed by atoms with van der Waals surface area (Å²) in [6.45, 7) is 5.95. The highest BCUT2D eigenvalue weighted by Crippen LogP contribution is 2.15. The van der Waals surface area contributed by atoms with Crippen molar-refractivity contribution >= 4 is 24.5 Å². The van der Waals surface area contributed by atoms with Gasteiger partial charge in [0.2, 0.25) is 0 Å². The van der Waals surface area contributed by atoms with Gasteiger partial charge in [-0.3, -0.25) is 14.5 Å². The molecule has 2 rings (SSSR count). The van der Waals surface area contributed by atoms with Crippen LogP contribution < -0.4 is 5.46 Å². The lowest BCUT2D eigenvalue weighted by atomic mass is 9.78. The van der Waals surface area contributed by atoms with Crippen molar-refractivity contribution in [2.75, 3.05) is 13.1 Å². The van der Waals surface area contributed by atoms with Crippen LogP contribution in [-0.4, -0.2) is 42.6 Å². The fraction of sp³-hybridized carbons (Fsp3) is 0.429. The highest BCUT2D eigenvalue weighted by molar-refractivity contribution is 6.64. The third-order valence-corrected chi connectivity index (χ3v) is 3.14. The van der Waals surface area contributed by atoms with Gasteiger partial charge in [-0.2, -0.15) is 0 Å². The summed E-state index contributed by atoms with van der Waals surface area (Å²) < 4.78 is 10.5. The van der Waals surface area contributed by atoms with Crippen LogP contribution in [0.25, 0.3) is 0 Å². The average molecular weight is 275 g/mol. The van der Waals surface area contributed by atoms with Gasteiger partial charge in [-0.15, -0.1) is 0 Å². The van der Waals surface area contributed by atoms with Crippen molar-refractivity contribution in [3.05, 3.63) is 30.3 Å². The summed E-state index contributed by atoms with van der Waals surface area (Å²) in [5, 5.41) is 0. The molecule has 1 aliphatic rings. The Kier molecular flexibility index (Phi) is 4.13. The molecule has 0 amide bonds. The standard InChI is InChI=1S/C14H18BNO4/c1-14(2,3)16-9-12(17)19-15(20-13(18)10-16)11-7-5-4-6-8-11/h4-8H,9-10H2,1-3H3. The van der Waals surface area contributed by atoms with Crippen molar-refractivity contribution in [2.24, 2.45) is 0 Å². The van der Waals surface area contributed by atoms with E-state index in [0.29, 0.717) is 5.46 Å². The number of rotatable bonds is 1. The quantitative estimate of drug-likeness (QED) is 0.702. The number of nitrogens with zero attached hydrogens (tertiary/aromatic N) is 1. The van der Waals surface area contributed by atoms with Gasteiger partial charge in [-0.25, -0.2) is 0 Å². The van der Waals surface area contributed by atoms with Gasteiger partial charge in [0.1, 0.15) is 0 Å². The van der Waals surface area contributed by atoms with E-state index >= 15 is 0 Å². The van der Waals surface area contributed by atoms with Crippen molar-refractivity contribution < 1.29 is 18.9 Å². The minimum Gasteiger partial charge on any atom is -0.494 e. The first-order valence-corrected chi connectivity index (χ1v) is 6.55. The topological polar surface area (TPSA) is 55.8 Å². The molecule has 0 aliphatic carbocycles. The van der Waals surface area contributed by atoms with Gasteiger partial charge in [0.15, 0.2) is 0 Å². The van der Waals surface area contributed by atoms with Crippen molar-refractivity contribution in [2.45, 2.75) is 26.3 Å². The molecule has 1 aromatic rings. The first kappa shape index (κ1) is 14.6. The van der Waals surface area contributed by atoms with E-state index in [1.54, 1.807) is 29.2 Å². The second kappa shape index (κ2) is 5.67. The second-order valence-electron chi connectivity index (χ2n) is 5.75. The predicted octanol–water partition coefficient (Wildman–Crippen LogP) is 0.582. The maximum atomic E-state index is 11.9. The van der Waals surface area contributed by atoms with E-state index in [9.17, 15) is 9.59 Å². The number of hydrogen-bond donors (Lipinski definition) is 0. The fourth-order valence-corrected chi connectivity index (χ4v) is 1.93. The zero-order valence-corrected chi connectivity index (χ0v) is 12.0. The zero-order valence-electron chi connectivity index (χ0n) is 12.0. The summed E-state index contributed by atoms with van der Waals surface area (Å²) in [5.41, 5.74) is 0.343. The summed E-state index contributed by atoms with van der Waals surface area (Å²) in [5.74, 6) is -0.803. The summed E-state index contributed by atoms with van der Waals surface area (Å²) >= 11 is 0. The van der Waals surface area contributed by atoms with Crippen molar-refractivity contribution in [1.29, 1.82) is 0 Å². The van der Waals surface area contributed by atoms with Gasteiger partial charge in [-0.05, 0) is 20.8 Å². The largest absolute Gasteiger partial charge is 0.636 e. The Hall–Kier alpha value is -1.82. The highest BCUT2D eigenvalue weighted by Gasteiger charge is 2.36. The van der Waals surface area contributed by atoms with Crippen LogP contribution in [0.3, 0.4) is 0 Å². The van der Waals surface area contributed by atoms with Crippen LogP contribution in [0, 0.1) is 0 Å². The lowest BCUT2D eigenvalue weighted by molar-refractivity contribution is -0.148. The molecule has 1 heterocycles. The van der Waals surface area contributed by atoms with E-state index in [1.807, 2.05) is 26.8 Å². The number of carbonyl (C=O) groups is 2. The molecule has 0 radical (unpaired) electrons. The van der Waals surface area contributed by atoms with Crippen LogP contribution in [0.2, 0.25) is 0 Å². The zero-order chi connectivity index (χ0) is 14.8. The van der Waals surface area contributed by atoms with E-state index in [-0.39, 0.29) is 18.6 Å². The van der Waals surface area contributed by atoms with Gasteiger partial charge >= 0.3 is 19.1 Å². The van der Waals surface area contributed by atoms with Crippen molar-refractivity contribution in [3.8, 4) is 0 Å². The Labute approximate surface area is 119 Å². The van der Waals surface area contributed by atoms with Crippen LogP contribution in [0.1, 0.15) is 20.8 Å². The van der Waals surface area contributed by atoms with Crippen LogP contribution in [0.5, 0.6) is 0 Å². The molecule has 1 saturated heterocycles. The maximum absolute atomic E-state index is 11.9. The molecule has 0 bridgehead atoms. The Balaban J connectivity index is 2.16. The van der Waals surface area contributed by atoms with Gasteiger partial charge in [0.05, 0.1) is 13.1 Å². The molecule has 1 aromatic carbocycles. The van der Waals surface area contributed by atoms with Crippen molar-refractivity contribution in [1.82, 2.24) is 4.90 Å². The molecule has 0 aromatic heterocycles. The molecule has 1 aliphatic heterocycles. The van der Waals surface area contributed by atoms with E-state index in [0.717, 1.165) is 0 Å². The predicted molar refractivity (Wildman–Crippen MR) is 75.3 cm³/mol. The van der Waals surface area contributed by atoms with Gasteiger partial charge in [0, 0.05) is 11.0 Å². The molecular formula is C14H18BNO4. The molecule has 106 valence electrons. The Morgan fingerprint density at radius 3 is 1.95 bits per heavy atom. The minimum atomic E-state index is -0.960. The molecule has 6 heteroatoms. The van der Waals surface area contributed by atoms with E-state index in [2.05, 4.69) is 0 Å². The molecule has 20 heavy (non-hydrogen) atoms. The van der Waals surface area contributed by atoms with E-state index in [4.69, 9.17) is 9.31 Å². The molecule has 1 fully saturated rings. The minimum absolute atomic E-state index is 0.0714. The maximum Gasteiger partial charge on any atom is 0.636 e. The lowest BCUT2D eigenvalue weighted by Gasteiger charge is -2.35. The summed E-state index contributed by atoms with van der Waals surface area (Å²) in [6, 6.07) is 8.97. The normalized spacial score (nSPS) is 18.1. The molecular weight excluding hydrogens is 257 g/mol. The lowest BCUT2D eigenvalue weighted by Crippen LogP contribution is -2.53. The monoisotopic (exact) mass is 275 g/mol. The van der Waals surface area contributed by atoms with Crippen LogP contribution in [-0.2, 0) is 18.9 Å². The summed E-state index contributed by atoms with van der Waals surface area (Å²) in [6.07, 6.45) is 0. The smallest absolute Gasteiger partial charge is 0.494 e. The van der Waals surface area contributed by atoms with Gasteiger partial charge < -0.3 is 9.31 Å². The van der Waals surface area contributed by atoms with E-state index < -0.39 is 19.1 Å². The fourth-order valence-electron chi connectivity index (χ4n) is 1.93. The van der Waals surface area contributed by atoms with Crippen molar-refractivity contribution in [3.63, 3.8) is 0 Å². The molecule has 0 N–H and O–H groups in total. The Morgan fingerprint density at radius 1 is 1.00 bits per heavy atom. The average Bonchev–Trinajstić information content (AvgIpc) is 2.35. The first-order chi connectivity index (χ1) is 9.36. The summed E-state index contributed by atoms with van der Waals surface area (Å²) in [7, 11) is -0.960. The van der Waals surface area contributed by atoms with Gasteiger partial charge in [-0.1, -0.05) is 30.3 Å². The van der Waals surface area contributed by atoms with Crippen LogP contribution in [0.15, 0.2) is 30.3 Å². The number of hydrogen-bond acceptors (Lipinski definition) is 5. The molecule has 0 unspecified atom stereocenters. The van der Waals surface area contributed by atoms with E-state index in [1.165, 1.54) is 0 Å². The van der Waals surface area contributed by atoms with Crippen LogP contribution >= 0.6 is 0 Å². The first-order valence-electron chi connectivity index (χ1n) is 6.55. The number of carbonyl (C=O) groups excluding carboxylic acids is 2. The molecule has 5 nitrogen and oxygen atoms in total. The second-order valence-corrected chi connectivity index (χ2v) is 5.75. The Morgan fingerprint density at radius 2 is 1.50 bits per heavy atom. The highest BCUT2D eigenvalue weighted by atomic mass is 16.6. The third-order valence-electron chi connectivity index (χ3n) is 3.14. The molecule has 0 spiro atoms. The SMILES string of the molecule is CC(C)(C)N1CC(=O)OB(c2ccccc2)OC(=O)C1. The van der Waals surface area contributed by atoms with Crippen LogP contribution in [0.4, 0.5) is 0 Å². The molecule has 0 atom stereocenters. The molecule has 0 saturated carbocycles.